The van der Waals surface area contributed by atoms with E-state index in [1.165, 1.54) is 5.56 Å². The zero-order chi connectivity index (χ0) is 17.1. The van der Waals surface area contributed by atoms with Crippen molar-refractivity contribution in [1.82, 2.24) is 0 Å². The van der Waals surface area contributed by atoms with Crippen molar-refractivity contribution in [2.24, 2.45) is 15.9 Å². The zero-order valence-corrected chi connectivity index (χ0v) is 15.1. The number of ether oxygens (including phenoxy) is 1. The molecule has 128 valence electrons. The quantitative estimate of drug-likeness (QED) is 0.783. The molecule has 0 bridgehead atoms. The minimum Gasteiger partial charge on any atom is -0.484 e. The van der Waals surface area contributed by atoms with Gasteiger partial charge in [-0.25, -0.2) is 4.99 Å². The predicted molar refractivity (Wildman–Crippen MR) is 97.8 cm³/mol. The fourth-order valence-electron chi connectivity index (χ4n) is 2.85. The van der Waals surface area contributed by atoms with Gasteiger partial charge in [0, 0.05) is 4.91 Å². The van der Waals surface area contributed by atoms with E-state index in [1.807, 2.05) is 0 Å². The monoisotopic (exact) mass is 366 g/mol. The molecular formula is C16H19N2O4PS. The molecule has 2 heterocycles. The van der Waals surface area contributed by atoms with Gasteiger partial charge < -0.3 is 19.0 Å². The molecule has 2 aliphatic heterocycles. The molecule has 2 aliphatic rings. The SMILES string of the molecule is COC1=NC=NC2SC(c3ccc(C)cc3)=C(CCOP(O)O)C12. The summed E-state index contributed by atoms with van der Waals surface area (Å²) in [7, 11) is -0.738. The van der Waals surface area contributed by atoms with Crippen LogP contribution < -0.4 is 0 Å². The molecule has 8 heteroatoms. The van der Waals surface area contributed by atoms with Gasteiger partial charge in [0.25, 0.3) is 0 Å². The maximum absolute atomic E-state index is 8.98. The van der Waals surface area contributed by atoms with Gasteiger partial charge in [-0.15, -0.1) is 0 Å². The van der Waals surface area contributed by atoms with E-state index in [1.54, 1.807) is 25.2 Å². The summed E-state index contributed by atoms with van der Waals surface area (Å²) < 4.78 is 10.4. The molecule has 0 spiro atoms. The van der Waals surface area contributed by atoms with Crippen molar-refractivity contribution >= 4 is 37.5 Å². The fraction of sp³-hybridized carbons (Fsp3) is 0.375. The summed E-state index contributed by atoms with van der Waals surface area (Å²) in [5.74, 6) is 0.586. The molecule has 2 atom stereocenters. The predicted octanol–water partition coefficient (Wildman–Crippen LogP) is 3.10. The number of hydrogen-bond acceptors (Lipinski definition) is 7. The van der Waals surface area contributed by atoms with E-state index < -0.39 is 8.60 Å². The maximum Gasteiger partial charge on any atom is 0.327 e. The van der Waals surface area contributed by atoms with Crippen molar-refractivity contribution in [3.8, 4) is 0 Å². The largest absolute Gasteiger partial charge is 0.484 e. The van der Waals surface area contributed by atoms with E-state index in [0.29, 0.717) is 12.3 Å². The van der Waals surface area contributed by atoms with E-state index >= 15 is 0 Å². The van der Waals surface area contributed by atoms with Gasteiger partial charge in [-0.1, -0.05) is 41.6 Å². The van der Waals surface area contributed by atoms with Crippen LogP contribution in [0.4, 0.5) is 0 Å². The van der Waals surface area contributed by atoms with Crippen molar-refractivity contribution < 1.29 is 19.0 Å². The van der Waals surface area contributed by atoms with Gasteiger partial charge >= 0.3 is 8.60 Å². The Labute approximate surface area is 146 Å². The van der Waals surface area contributed by atoms with Crippen LogP contribution in [0.1, 0.15) is 17.5 Å². The molecule has 0 radical (unpaired) electrons. The van der Waals surface area contributed by atoms with Crippen LogP contribution in [0.3, 0.4) is 0 Å². The van der Waals surface area contributed by atoms with Gasteiger partial charge in [-0.3, -0.25) is 4.99 Å². The van der Waals surface area contributed by atoms with Crippen molar-refractivity contribution in [3.63, 3.8) is 0 Å². The van der Waals surface area contributed by atoms with Crippen LogP contribution in [-0.2, 0) is 9.26 Å². The average molecular weight is 366 g/mol. The highest BCUT2D eigenvalue weighted by molar-refractivity contribution is 8.09. The Bertz CT molecular complexity index is 688. The molecule has 0 aliphatic carbocycles. The van der Waals surface area contributed by atoms with Crippen molar-refractivity contribution in [2.75, 3.05) is 13.7 Å². The lowest BCUT2D eigenvalue weighted by atomic mass is 9.93. The minimum atomic E-state index is -2.35. The summed E-state index contributed by atoms with van der Waals surface area (Å²) in [6.45, 7) is 2.28. The Morgan fingerprint density at radius 3 is 2.67 bits per heavy atom. The first kappa shape index (κ1) is 17.6. The molecule has 3 rings (SSSR count). The first-order valence-corrected chi connectivity index (χ1v) is 9.55. The summed E-state index contributed by atoms with van der Waals surface area (Å²) in [6, 6.07) is 8.34. The number of methoxy groups -OCH3 is 1. The van der Waals surface area contributed by atoms with Crippen LogP contribution in [0.15, 0.2) is 39.8 Å². The van der Waals surface area contributed by atoms with Crippen molar-refractivity contribution in [1.29, 1.82) is 0 Å². The highest BCUT2D eigenvalue weighted by atomic mass is 32.2. The van der Waals surface area contributed by atoms with Gasteiger partial charge in [0.05, 0.1) is 19.6 Å². The summed E-state index contributed by atoms with van der Waals surface area (Å²) >= 11 is 1.69. The third-order valence-electron chi connectivity index (χ3n) is 3.96. The number of aliphatic imine (C=N–C) groups is 2. The molecular weight excluding hydrogens is 347 g/mol. The molecule has 1 aromatic rings. The second-order valence-corrected chi connectivity index (χ2v) is 7.37. The van der Waals surface area contributed by atoms with Gasteiger partial charge in [-0.05, 0) is 24.5 Å². The first-order valence-electron chi connectivity index (χ1n) is 7.51. The van der Waals surface area contributed by atoms with Crippen LogP contribution in [0.25, 0.3) is 4.91 Å². The second-order valence-electron chi connectivity index (χ2n) is 5.48. The molecule has 0 saturated carbocycles. The van der Waals surface area contributed by atoms with E-state index in [0.717, 1.165) is 16.0 Å². The van der Waals surface area contributed by atoms with Crippen molar-refractivity contribution in [3.05, 3.63) is 41.0 Å². The Morgan fingerprint density at radius 2 is 2.00 bits per heavy atom. The number of benzene rings is 1. The summed E-state index contributed by atoms with van der Waals surface area (Å²) in [4.78, 5) is 27.8. The molecule has 1 aromatic carbocycles. The molecule has 0 fully saturated rings. The molecule has 24 heavy (non-hydrogen) atoms. The van der Waals surface area contributed by atoms with Gasteiger partial charge in [0.1, 0.15) is 11.7 Å². The molecule has 2 unspecified atom stereocenters. The van der Waals surface area contributed by atoms with E-state index in [9.17, 15) is 0 Å². The van der Waals surface area contributed by atoms with Crippen LogP contribution >= 0.6 is 20.4 Å². The maximum atomic E-state index is 8.98. The van der Waals surface area contributed by atoms with Gasteiger partial charge in [-0.2, -0.15) is 0 Å². The lowest BCUT2D eigenvalue weighted by Crippen LogP contribution is -2.28. The Hall–Kier alpha value is -1.24. The molecule has 0 aromatic heterocycles. The Kier molecular flexibility index (Phi) is 5.69. The number of fused-ring (bicyclic) bond motifs is 1. The summed E-state index contributed by atoms with van der Waals surface area (Å²) in [5.41, 5.74) is 3.44. The number of rotatable bonds is 5. The topological polar surface area (TPSA) is 83.6 Å². The smallest absolute Gasteiger partial charge is 0.327 e. The highest BCUT2D eigenvalue weighted by Crippen LogP contribution is 2.50. The van der Waals surface area contributed by atoms with Gasteiger partial charge in [0.2, 0.25) is 0 Å². The van der Waals surface area contributed by atoms with Crippen LogP contribution in [0, 0.1) is 12.8 Å². The second kappa shape index (κ2) is 7.76. The number of thioether (sulfide) groups is 1. The van der Waals surface area contributed by atoms with E-state index in [4.69, 9.17) is 19.0 Å². The molecule has 0 amide bonds. The molecule has 6 nitrogen and oxygen atoms in total. The highest BCUT2D eigenvalue weighted by Gasteiger charge is 2.41. The number of aryl methyl sites for hydroxylation is 1. The van der Waals surface area contributed by atoms with E-state index in [-0.39, 0.29) is 17.9 Å². The third kappa shape index (κ3) is 3.71. The Balaban J connectivity index is 1.94. The fourth-order valence-corrected chi connectivity index (χ4v) is 4.53. The zero-order valence-electron chi connectivity index (χ0n) is 13.4. The first-order chi connectivity index (χ1) is 11.6. The Morgan fingerprint density at radius 1 is 1.25 bits per heavy atom. The van der Waals surface area contributed by atoms with Crippen LogP contribution in [0.5, 0.6) is 0 Å². The molecule has 0 saturated heterocycles. The van der Waals surface area contributed by atoms with E-state index in [2.05, 4.69) is 41.2 Å². The van der Waals surface area contributed by atoms with Crippen molar-refractivity contribution in [2.45, 2.75) is 18.7 Å². The molecule has 2 N–H and O–H groups in total. The number of hydrogen-bond donors (Lipinski definition) is 2. The lowest BCUT2D eigenvalue weighted by molar-refractivity contribution is 0.256. The summed E-state index contributed by atoms with van der Waals surface area (Å²) in [6.07, 6.45) is 2.11. The lowest BCUT2D eigenvalue weighted by Gasteiger charge is -2.22. The van der Waals surface area contributed by atoms with Crippen LogP contribution in [0.2, 0.25) is 0 Å². The average Bonchev–Trinajstić information content (AvgIpc) is 2.94. The minimum absolute atomic E-state index is 0.00600. The summed E-state index contributed by atoms with van der Waals surface area (Å²) in [5, 5.41) is -0.00600. The third-order valence-corrected chi connectivity index (χ3v) is 5.74. The van der Waals surface area contributed by atoms with Gasteiger partial charge in [0.15, 0.2) is 5.90 Å². The normalized spacial score (nSPS) is 22.8. The van der Waals surface area contributed by atoms with Crippen LogP contribution in [-0.4, -0.2) is 41.1 Å². The standard InChI is InChI=1S/C16H19N2O4PS/c1-10-3-5-11(6-4-10)14-12(7-8-22-23(19)20)13-15(21-2)17-9-18-16(13)24-14/h3-6,9,13,16,19-20H,7-8H2,1-2H3. The number of nitrogens with zero attached hydrogens (tertiary/aromatic N) is 2.